The van der Waals surface area contributed by atoms with Crippen LogP contribution in [0.25, 0.3) is 0 Å². The molecule has 98 valence electrons. The molecule has 0 N–H and O–H groups in total. The molecule has 0 aromatic heterocycles. The number of rotatable bonds is 5. The second-order valence-electron chi connectivity index (χ2n) is 5.12. The summed E-state index contributed by atoms with van der Waals surface area (Å²) in [5.41, 5.74) is 2.60. The molecule has 1 aliphatic carbocycles. The number of ether oxygens (including phenoxy) is 1. The number of aryl methyl sites for hydroxylation is 1. The molecule has 0 spiro atoms. The quantitative estimate of drug-likeness (QED) is 0.737. The van der Waals surface area contributed by atoms with E-state index in [0.717, 1.165) is 18.5 Å². The van der Waals surface area contributed by atoms with Crippen LogP contribution in [-0.4, -0.2) is 13.4 Å². The molecule has 1 aliphatic rings. The standard InChI is InChI=1S/C16H22O2/c1-18-16-10-9-13(6-5-11-17)12-15(16)14-7-3-2-4-8-14/h9-12,14H,2-8H2,1H3. The Kier molecular flexibility index (Phi) is 4.80. The molecule has 0 heterocycles. The molecular weight excluding hydrogens is 224 g/mol. The van der Waals surface area contributed by atoms with Crippen LogP contribution in [0.4, 0.5) is 0 Å². The fourth-order valence-electron chi connectivity index (χ4n) is 2.90. The maximum absolute atomic E-state index is 10.5. The second-order valence-corrected chi connectivity index (χ2v) is 5.12. The third-order valence-corrected chi connectivity index (χ3v) is 3.89. The van der Waals surface area contributed by atoms with Crippen molar-refractivity contribution in [2.45, 2.75) is 50.9 Å². The van der Waals surface area contributed by atoms with Gasteiger partial charge in [0.2, 0.25) is 0 Å². The lowest BCUT2D eigenvalue weighted by molar-refractivity contribution is -0.107. The first-order valence-electron chi connectivity index (χ1n) is 6.95. The second kappa shape index (κ2) is 6.58. The number of benzene rings is 1. The molecule has 2 rings (SSSR count). The minimum absolute atomic E-state index is 0.608. The van der Waals surface area contributed by atoms with Gasteiger partial charge in [-0.2, -0.15) is 0 Å². The molecule has 0 amide bonds. The van der Waals surface area contributed by atoms with Crippen molar-refractivity contribution in [3.63, 3.8) is 0 Å². The van der Waals surface area contributed by atoms with Crippen LogP contribution in [0.2, 0.25) is 0 Å². The molecule has 0 aliphatic heterocycles. The molecule has 2 nitrogen and oxygen atoms in total. The minimum atomic E-state index is 0.608. The Balaban J connectivity index is 2.20. The zero-order chi connectivity index (χ0) is 12.8. The van der Waals surface area contributed by atoms with Gasteiger partial charge in [0.25, 0.3) is 0 Å². The van der Waals surface area contributed by atoms with Crippen molar-refractivity contribution < 1.29 is 9.53 Å². The van der Waals surface area contributed by atoms with Gasteiger partial charge in [-0.3, -0.25) is 0 Å². The van der Waals surface area contributed by atoms with Crippen molar-refractivity contribution in [3.8, 4) is 5.75 Å². The molecule has 1 saturated carbocycles. The maximum Gasteiger partial charge on any atom is 0.122 e. The summed E-state index contributed by atoms with van der Waals surface area (Å²) < 4.78 is 5.49. The Labute approximate surface area is 109 Å². The predicted octanol–water partition coefficient (Wildman–Crippen LogP) is 3.87. The summed E-state index contributed by atoms with van der Waals surface area (Å²) in [6.45, 7) is 0. The van der Waals surface area contributed by atoms with E-state index in [4.69, 9.17) is 4.74 Å². The van der Waals surface area contributed by atoms with Crippen molar-refractivity contribution in [1.82, 2.24) is 0 Å². The summed E-state index contributed by atoms with van der Waals surface area (Å²) in [7, 11) is 1.74. The lowest BCUT2D eigenvalue weighted by atomic mass is 9.83. The van der Waals surface area contributed by atoms with Gasteiger partial charge in [0.15, 0.2) is 0 Å². The average Bonchev–Trinajstić information content (AvgIpc) is 2.45. The van der Waals surface area contributed by atoms with E-state index in [1.54, 1.807) is 7.11 Å². The van der Waals surface area contributed by atoms with Crippen LogP contribution in [0.3, 0.4) is 0 Å². The lowest BCUT2D eigenvalue weighted by Gasteiger charge is -2.24. The van der Waals surface area contributed by atoms with Gasteiger partial charge < -0.3 is 9.53 Å². The maximum atomic E-state index is 10.5. The van der Waals surface area contributed by atoms with Gasteiger partial charge in [-0.15, -0.1) is 0 Å². The van der Waals surface area contributed by atoms with E-state index in [1.165, 1.54) is 43.2 Å². The topological polar surface area (TPSA) is 26.3 Å². The zero-order valence-electron chi connectivity index (χ0n) is 11.2. The molecule has 2 heteroatoms. The number of hydrogen-bond acceptors (Lipinski definition) is 2. The van der Waals surface area contributed by atoms with E-state index >= 15 is 0 Å². The summed E-state index contributed by atoms with van der Waals surface area (Å²) in [5, 5.41) is 0. The third kappa shape index (κ3) is 3.12. The van der Waals surface area contributed by atoms with Crippen molar-refractivity contribution in [2.75, 3.05) is 7.11 Å². The van der Waals surface area contributed by atoms with Crippen molar-refractivity contribution in [2.24, 2.45) is 0 Å². The number of aldehydes is 1. The fraction of sp³-hybridized carbons (Fsp3) is 0.562. The highest BCUT2D eigenvalue weighted by atomic mass is 16.5. The van der Waals surface area contributed by atoms with Crippen LogP contribution in [0.5, 0.6) is 5.75 Å². The Morgan fingerprint density at radius 3 is 2.72 bits per heavy atom. The van der Waals surface area contributed by atoms with Crippen LogP contribution in [-0.2, 0) is 11.2 Å². The SMILES string of the molecule is COc1ccc(CCC=O)cc1C1CCCCC1. The van der Waals surface area contributed by atoms with Gasteiger partial charge >= 0.3 is 0 Å². The van der Waals surface area contributed by atoms with E-state index in [9.17, 15) is 4.79 Å². The van der Waals surface area contributed by atoms with Crippen molar-refractivity contribution in [3.05, 3.63) is 29.3 Å². The zero-order valence-corrected chi connectivity index (χ0v) is 11.2. The van der Waals surface area contributed by atoms with Crippen LogP contribution >= 0.6 is 0 Å². The summed E-state index contributed by atoms with van der Waals surface area (Å²) >= 11 is 0. The van der Waals surface area contributed by atoms with Gasteiger partial charge in [0.05, 0.1) is 7.11 Å². The molecule has 0 atom stereocenters. The number of methoxy groups -OCH3 is 1. The lowest BCUT2D eigenvalue weighted by Crippen LogP contribution is -2.07. The first-order valence-corrected chi connectivity index (χ1v) is 6.95. The predicted molar refractivity (Wildman–Crippen MR) is 73.2 cm³/mol. The van der Waals surface area contributed by atoms with Crippen molar-refractivity contribution >= 4 is 6.29 Å². The molecule has 0 saturated heterocycles. The highest BCUT2D eigenvalue weighted by Crippen LogP contribution is 2.37. The van der Waals surface area contributed by atoms with Gasteiger partial charge in [-0.05, 0) is 42.4 Å². The fourth-order valence-corrected chi connectivity index (χ4v) is 2.90. The molecule has 1 aromatic rings. The van der Waals surface area contributed by atoms with Crippen LogP contribution in [0, 0.1) is 0 Å². The Morgan fingerprint density at radius 2 is 2.06 bits per heavy atom. The largest absolute Gasteiger partial charge is 0.496 e. The highest BCUT2D eigenvalue weighted by molar-refractivity contribution is 5.50. The smallest absolute Gasteiger partial charge is 0.122 e. The van der Waals surface area contributed by atoms with E-state index < -0.39 is 0 Å². The first kappa shape index (κ1) is 13.1. The Morgan fingerprint density at radius 1 is 1.28 bits per heavy atom. The average molecular weight is 246 g/mol. The first-order chi connectivity index (χ1) is 8.85. The van der Waals surface area contributed by atoms with Gasteiger partial charge in [-0.25, -0.2) is 0 Å². The summed E-state index contributed by atoms with van der Waals surface area (Å²) in [4.78, 5) is 10.5. The van der Waals surface area contributed by atoms with E-state index in [2.05, 4.69) is 18.2 Å². The molecule has 0 radical (unpaired) electrons. The number of carbonyl (C=O) groups excluding carboxylic acids is 1. The van der Waals surface area contributed by atoms with E-state index in [-0.39, 0.29) is 0 Å². The van der Waals surface area contributed by atoms with Crippen LogP contribution in [0.1, 0.15) is 55.6 Å². The number of carbonyl (C=O) groups is 1. The van der Waals surface area contributed by atoms with E-state index in [1.807, 2.05) is 0 Å². The molecular formula is C16H22O2. The van der Waals surface area contributed by atoms with Gasteiger partial charge in [0, 0.05) is 6.42 Å². The van der Waals surface area contributed by atoms with Gasteiger partial charge in [0.1, 0.15) is 12.0 Å². The normalized spacial score (nSPS) is 16.5. The number of hydrogen-bond donors (Lipinski definition) is 0. The highest BCUT2D eigenvalue weighted by Gasteiger charge is 2.19. The van der Waals surface area contributed by atoms with Crippen LogP contribution in [0.15, 0.2) is 18.2 Å². The summed E-state index contributed by atoms with van der Waals surface area (Å²) in [6, 6.07) is 6.39. The minimum Gasteiger partial charge on any atom is -0.496 e. The molecule has 1 fully saturated rings. The van der Waals surface area contributed by atoms with E-state index in [0.29, 0.717) is 12.3 Å². The summed E-state index contributed by atoms with van der Waals surface area (Å²) in [6.07, 6.45) is 9.00. The molecule has 18 heavy (non-hydrogen) atoms. The summed E-state index contributed by atoms with van der Waals surface area (Å²) in [5.74, 6) is 1.65. The Bertz CT molecular complexity index is 392. The van der Waals surface area contributed by atoms with Gasteiger partial charge in [-0.1, -0.05) is 31.4 Å². The molecule has 0 unspecified atom stereocenters. The van der Waals surface area contributed by atoms with Crippen molar-refractivity contribution in [1.29, 1.82) is 0 Å². The third-order valence-electron chi connectivity index (χ3n) is 3.89. The van der Waals surface area contributed by atoms with Crippen LogP contribution < -0.4 is 4.74 Å². The monoisotopic (exact) mass is 246 g/mol. The molecule has 1 aromatic carbocycles. The Hall–Kier alpha value is -1.31. The molecule has 0 bridgehead atoms.